The summed E-state index contributed by atoms with van der Waals surface area (Å²) < 4.78 is 0. The number of hydrogen-bond donors (Lipinski definition) is 1. The van der Waals surface area contributed by atoms with E-state index in [1.165, 1.54) is 32.6 Å². The number of hydrogen-bond acceptors (Lipinski definition) is 3. The van der Waals surface area contributed by atoms with Gasteiger partial charge in [0.25, 0.3) is 0 Å². The van der Waals surface area contributed by atoms with Crippen LogP contribution < -0.4 is 0 Å². The van der Waals surface area contributed by atoms with E-state index in [-0.39, 0.29) is 0 Å². The van der Waals surface area contributed by atoms with E-state index >= 15 is 0 Å². The van der Waals surface area contributed by atoms with E-state index in [1.807, 2.05) is 0 Å². The van der Waals surface area contributed by atoms with Crippen molar-refractivity contribution in [3.05, 3.63) is 0 Å². The summed E-state index contributed by atoms with van der Waals surface area (Å²) in [5.74, 6) is 1.79. The largest absolute Gasteiger partial charge is 0.304 e. The average Bonchev–Trinajstić information content (AvgIpc) is 2.17. The number of piperazine rings is 1. The fraction of sp³-hybridized carbons (Fsp3) is 1.00. The van der Waals surface area contributed by atoms with Crippen molar-refractivity contribution < 1.29 is 0 Å². The van der Waals surface area contributed by atoms with Crippen LogP contribution >= 0.6 is 12.6 Å². The van der Waals surface area contributed by atoms with E-state index in [0.29, 0.717) is 6.04 Å². The molecular weight excluding hydrogens is 192 g/mol. The molecule has 0 aromatic heterocycles. The van der Waals surface area contributed by atoms with E-state index in [2.05, 4.69) is 43.3 Å². The first-order chi connectivity index (χ1) is 6.67. The van der Waals surface area contributed by atoms with Gasteiger partial charge in [-0.15, -0.1) is 0 Å². The van der Waals surface area contributed by atoms with Gasteiger partial charge in [-0.3, -0.25) is 4.90 Å². The Labute approximate surface area is 94.1 Å². The molecule has 1 aliphatic rings. The standard InChI is InChI=1S/C11H24N2S/c1-4-11(9-14)8-13-6-5-12(3)7-10(13)2/h10-11,14H,4-9H2,1-3H3. The number of nitrogens with zero attached hydrogens (tertiary/aromatic N) is 2. The van der Waals surface area contributed by atoms with Crippen LogP contribution in [0.4, 0.5) is 0 Å². The molecule has 0 radical (unpaired) electrons. The highest BCUT2D eigenvalue weighted by molar-refractivity contribution is 7.80. The molecule has 0 aromatic rings. The van der Waals surface area contributed by atoms with Crippen LogP contribution in [0.5, 0.6) is 0 Å². The van der Waals surface area contributed by atoms with Crippen molar-refractivity contribution in [2.45, 2.75) is 26.3 Å². The molecule has 0 amide bonds. The Kier molecular flexibility index (Phi) is 5.28. The summed E-state index contributed by atoms with van der Waals surface area (Å²) >= 11 is 4.41. The van der Waals surface area contributed by atoms with E-state index < -0.39 is 0 Å². The van der Waals surface area contributed by atoms with Crippen molar-refractivity contribution in [2.24, 2.45) is 5.92 Å². The lowest BCUT2D eigenvalue weighted by Gasteiger charge is -2.39. The Hall–Kier alpha value is 0.270. The third-order valence-electron chi connectivity index (χ3n) is 3.30. The molecule has 1 saturated heterocycles. The van der Waals surface area contributed by atoms with Crippen LogP contribution in [-0.2, 0) is 0 Å². The predicted octanol–water partition coefficient (Wildman–Crippen LogP) is 1.58. The van der Waals surface area contributed by atoms with Crippen LogP contribution in [0.2, 0.25) is 0 Å². The molecule has 0 spiro atoms. The normalized spacial score (nSPS) is 27.9. The molecule has 14 heavy (non-hydrogen) atoms. The SMILES string of the molecule is CCC(CS)CN1CCN(C)CC1C. The van der Waals surface area contributed by atoms with Gasteiger partial charge in [-0.25, -0.2) is 0 Å². The summed E-state index contributed by atoms with van der Waals surface area (Å²) in [6.45, 7) is 9.48. The molecule has 84 valence electrons. The van der Waals surface area contributed by atoms with E-state index in [9.17, 15) is 0 Å². The summed E-state index contributed by atoms with van der Waals surface area (Å²) in [6.07, 6.45) is 1.25. The second kappa shape index (κ2) is 5.99. The van der Waals surface area contributed by atoms with Gasteiger partial charge in [0.1, 0.15) is 0 Å². The summed E-state index contributed by atoms with van der Waals surface area (Å²) in [5, 5.41) is 0. The van der Waals surface area contributed by atoms with Gasteiger partial charge in [-0.05, 0) is 25.6 Å². The van der Waals surface area contributed by atoms with Crippen LogP contribution in [0.25, 0.3) is 0 Å². The highest BCUT2D eigenvalue weighted by Gasteiger charge is 2.22. The average molecular weight is 216 g/mol. The van der Waals surface area contributed by atoms with Crippen molar-refractivity contribution in [3.63, 3.8) is 0 Å². The summed E-state index contributed by atoms with van der Waals surface area (Å²) in [5.41, 5.74) is 0. The Bertz CT molecular complexity index is 159. The molecule has 0 bridgehead atoms. The Morgan fingerprint density at radius 1 is 1.43 bits per heavy atom. The van der Waals surface area contributed by atoms with Gasteiger partial charge in [0.05, 0.1) is 0 Å². The first-order valence-corrected chi connectivity index (χ1v) is 6.34. The Balaban J connectivity index is 2.36. The van der Waals surface area contributed by atoms with Gasteiger partial charge in [-0.2, -0.15) is 12.6 Å². The molecular formula is C11H24N2S. The lowest BCUT2D eigenvalue weighted by molar-refractivity contribution is 0.0874. The Morgan fingerprint density at radius 3 is 2.64 bits per heavy atom. The van der Waals surface area contributed by atoms with Crippen LogP contribution in [-0.4, -0.2) is 54.8 Å². The first-order valence-electron chi connectivity index (χ1n) is 5.70. The van der Waals surface area contributed by atoms with Crippen molar-refractivity contribution in [1.29, 1.82) is 0 Å². The van der Waals surface area contributed by atoms with Gasteiger partial charge in [0.15, 0.2) is 0 Å². The molecule has 2 atom stereocenters. The van der Waals surface area contributed by atoms with Crippen molar-refractivity contribution in [2.75, 3.05) is 39.0 Å². The summed E-state index contributed by atoms with van der Waals surface area (Å²) in [6, 6.07) is 0.711. The van der Waals surface area contributed by atoms with Gasteiger partial charge in [0.2, 0.25) is 0 Å². The minimum atomic E-state index is 0.711. The maximum absolute atomic E-state index is 4.41. The smallest absolute Gasteiger partial charge is 0.0195 e. The predicted molar refractivity (Wildman–Crippen MR) is 66.2 cm³/mol. The number of likely N-dealkylation sites (N-methyl/N-ethyl adjacent to an activating group) is 1. The van der Waals surface area contributed by atoms with Crippen LogP contribution in [0.3, 0.4) is 0 Å². The van der Waals surface area contributed by atoms with Crippen molar-refractivity contribution in [3.8, 4) is 0 Å². The third-order valence-corrected chi connectivity index (χ3v) is 3.81. The Morgan fingerprint density at radius 2 is 2.14 bits per heavy atom. The highest BCUT2D eigenvalue weighted by atomic mass is 32.1. The van der Waals surface area contributed by atoms with Gasteiger partial charge in [-0.1, -0.05) is 13.3 Å². The molecule has 1 rings (SSSR count). The van der Waals surface area contributed by atoms with Crippen molar-refractivity contribution >= 4 is 12.6 Å². The molecule has 1 heterocycles. The van der Waals surface area contributed by atoms with Crippen LogP contribution in [0.15, 0.2) is 0 Å². The second-order valence-corrected chi connectivity index (χ2v) is 4.93. The third kappa shape index (κ3) is 3.44. The molecule has 2 nitrogen and oxygen atoms in total. The molecule has 3 heteroatoms. The van der Waals surface area contributed by atoms with Gasteiger partial charge in [0, 0.05) is 32.2 Å². The molecule has 1 fully saturated rings. The van der Waals surface area contributed by atoms with E-state index in [4.69, 9.17) is 0 Å². The van der Waals surface area contributed by atoms with E-state index in [0.717, 1.165) is 11.7 Å². The number of rotatable bonds is 4. The minimum absolute atomic E-state index is 0.711. The zero-order valence-electron chi connectivity index (χ0n) is 9.74. The maximum atomic E-state index is 4.41. The van der Waals surface area contributed by atoms with Crippen LogP contribution in [0.1, 0.15) is 20.3 Å². The second-order valence-electron chi connectivity index (χ2n) is 4.56. The fourth-order valence-corrected chi connectivity index (χ4v) is 2.47. The molecule has 1 aliphatic heterocycles. The van der Waals surface area contributed by atoms with Gasteiger partial charge >= 0.3 is 0 Å². The fourth-order valence-electron chi connectivity index (χ4n) is 2.10. The zero-order chi connectivity index (χ0) is 10.6. The zero-order valence-corrected chi connectivity index (χ0v) is 10.6. The molecule has 2 unspecified atom stereocenters. The van der Waals surface area contributed by atoms with Crippen LogP contribution in [0, 0.1) is 5.92 Å². The topological polar surface area (TPSA) is 6.48 Å². The lowest BCUT2D eigenvalue weighted by atomic mass is 10.1. The highest BCUT2D eigenvalue weighted by Crippen LogP contribution is 2.13. The lowest BCUT2D eigenvalue weighted by Crippen LogP contribution is -2.51. The first kappa shape index (κ1) is 12.3. The molecule has 0 aromatic carbocycles. The molecule has 0 N–H and O–H groups in total. The summed E-state index contributed by atoms with van der Waals surface area (Å²) in [7, 11) is 2.21. The summed E-state index contributed by atoms with van der Waals surface area (Å²) in [4.78, 5) is 5.03. The molecule has 0 saturated carbocycles. The van der Waals surface area contributed by atoms with E-state index in [1.54, 1.807) is 0 Å². The maximum Gasteiger partial charge on any atom is 0.0195 e. The monoisotopic (exact) mass is 216 g/mol. The minimum Gasteiger partial charge on any atom is -0.304 e. The van der Waals surface area contributed by atoms with Crippen molar-refractivity contribution in [1.82, 2.24) is 9.80 Å². The quantitative estimate of drug-likeness (QED) is 0.713. The number of thiol groups is 1. The molecule has 0 aliphatic carbocycles. The van der Waals surface area contributed by atoms with Gasteiger partial charge < -0.3 is 4.90 Å².